The summed E-state index contributed by atoms with van der Waals surface area (Å²) in [5, 5.41) is 3.00. The van der Waals surface area contributed by atoms with Crippen LogP contribution in [0.5, 0.6) is 0 Å². The predicted molar refractivity (Wildman–Crippen MR) is 119 cm³/mol. The molecule has 170 valence electrons. The van der Waals surface area contributed by atoms with Gasteiger partial charge >= 0.3 is 12.1 Å². The number of nitrogens with zero attached hydrogens (tertiary/aromatic N) is 1. The molecular weight excluding hydrogens is 448 g/mol. The van der Waals surface area contributed by atoms with Crippen molar-refractivity contribution in [3.8, 4) is 0 Å². The summed E-state index contributed by atoms with van der Waals surface area (Å²) in [7, 11) is 1.19. The van der Waals surface area contributed by atoms with Crippen molar-refractivity contribution in [1.82, 2.24) is 0 Å². The highest BCUT2D eigenvalue weighted by atomic mass is 35.5. The number of methoxy groups -OCH3 is 1. The van der Waals surface area contributed by atoms with Crippen molar-refractivity contribution >= 4 is 46.9 Å². The highest BCUT2D eigenvalue weighted by Gasteiger charge is 2.93. The Labute approximate surface area is 194 Å². The zero-order valence-electron chi connectivity index (χ0n) is 18.4. The average Bonchev–Trinajstić information content (AvgIpc) is 3.14. The molecule has 1 N–H and O–H groups in total. The molecule has 3 amide bonds. The lowest BCUT2D eigenvalue weighted by Gasteiger charge is -2.24. The lowest BCUT2D eigenvalue weighted by molar-refractivity contribution is -0.144. The van der Waals surface area contributed by atoms with Gasteiger partial charge in [0, 0.05) is 16.3 Å². The first-order valence-corrected chi connectivity index (χ1v) is 10.8. The minimum atomic E-state index is -1.70. The topological polar surface area (TPSA) is 102 Å². The van der Waals surface area contributed by atoms with Gasteiger partial charge in [-0.1, -0.05) is 35.9 Å². The van der Waals surface area contributed by atoms with E-state index >= 15 is 0 Å². The van der Waals surface area contributed by atoms with Crippen LogP contribution in [-0.2, 0) is 34.7 Å². The molecule has 2 aromatic rings. The number of hydrogen-bond acceptors (Lipinski definition) is 6. The molecule has 3 unspecified atom stereocenters. The van der Waals surface area contributed by atoms with E-state index in [4.69, 9.17) is 21.1 Å². The Hall–Kier alpha value is -3.39. The van der Waals surface area contributed by atoms with Crippen LogP contribution in [0.25, 0.3) is 0 Å². The summed E-state index contributed by atoms with van der Waals surface area (Å²) in [5.41, 5.74) is -2.83. The SMILES string of the molecule is COC(=O)C1C2(C(=O)N(C(=O)OC(C)(C)C)c3ccccc32)C12C(=O)Nc1cccc(Cl)c12. The predicted octanol–water partition coefficient (Wildman–Crippen LogP) is 3.55. The lowest BCUT2D eigenvalue weighted by Crippen LogP contribution is -2.44. The Balaban J connectivity index is 1.79. The second kappa shape index (κ2) is 6.57. The summed E-state index contributed by atoms with van der Waals surface area (Å²) < 4.78 is 10.5. The third-order valence-corrected chi connectivity index (χ3v) is 6.86. The van der Waals surface area contributed by atoms with E-state index in [1.165, 1.54) is 7.11 Å². The standard InChI is InChI=1S/C24H21ClN2O6/c1-22(2,3)33-21(31)27-15-11-6-5-8-12(15)23(20(27)30)17(18(28)32-4)24(23)16-13(25)9-7-10-14(16)26-19(24)29/h5-11,17H,1-4H3,(H,26,29). The fourth-order valence-electron chi connectivity index (χ4n) is 5.51. The van der Waals surface area contributed by atoms with E-state index in [1.807, 2.05) is 0 Å². The second-order valence-electron chi connectivity index (χ2n) is 9.33. The molecule has 1 aliphatic carbocycles. The number of fused-ring (bicyclic) bond motifs is 5. The number of ether oxygens (including phenoxy) is 2. The third kappa shape index (κ3) is 2.41. The van der Waals surface area contributed by atoms with Gasteiger partial charge in [-0.05, 0) is 44.5 Å². The zero-order chi connectivity index (χ0) is 23.9. The van der Waals surface area contributed by atoms with E-state index in [2.05, 4.69) is 5.32 Å². The molecule has 1 saturated carbocycles. The van der Waals surface area contributed by atoms with Crippen molar-refractivity contribution in [3.63, 3.8) is 0 Å². The normalized spacial score (nSPS) is 26.8. The number of anilines is 2. The van der Waals surface area contributed by atoms with Crippen LogP contribution >= 0.6 is 11.6 Å². The first kappa shape index (κ1) is 21.5. The Kier molecular flexibility index (Phi) is 4.27. The molecule has 33 heavy (non-hydrogen) atoms. The maximum atomic E-state index is 14.1. The van der Waals surface area contributed by atoms with Crippen molar-refractivity contribution in [2.24, 2.45) is 5.92 Å². The summed E-state index contributed by atoms with van der Waals surface area (Å²) in [6, 6.07) is 11.5. The molecule has 2 spiro atoms. The third-order valence-electron chi connectivity index (χ3n) is 6.54. The van der Waals surface area contributed by atoms with E-state index < -0.39 is 46.2 Å². The minimum Gasteiger partial charge on any atom is -0.469 e. The number of hydrogen-bond donors (Lipinski definition) is 1. The van der Waals surface area contributed by atoms with Gasteiger partial charge in [-0.15, -0.1) is 0 Å². The van der Waals surface area contributed by atoms with Crippen molar-refractivity contribution in [3.05, 3.63) is 58.6 Å². The Bertz CT molecular complexity index is 1270. The van der Waals surface area contributed by atoms with Gasteiger partial charge in [-0.2, -0.15) is 0 Å². The summed E-state index contributed by atoms with van der Waals surface area (Å²) in [4.78, 5) is 54.8. The van der Waals surface area contributed by atoms with Crippen LogP contribution in [0.3, 0.4) is 0 Å². The first-order chi connectivity index (χ1) is 15.5. The van der Waals surface area contributed by atoms with Gasteiger partial charge in [-0.25, -0.2) is 9.69 Å². The molecule has 0 bridgehead atoms. The number of para-hydroxylation sites is 1. The maximum Gasteiger partial charge on any atom is 0.421 e. The van der Waals surface area contributed by atoms with Crippen LogP contribution in [0.4, 0.5) is 16.2 Å². The van der Waals surface area contributed by atoms with Crippen LogP contribution in [0.2, 0.25) is 5.02 Å². The molecule has 9 heteroatoms. The molecular formula is C24H21ClN2O6. The van der Waals surface area contributed by atoms with Gasteiger partial charge < -0.3 is 14.8 Å². The molecule has 2 aromatic carbocycles. The number of halogens is 1. The Morgan fingerprint density at radius 2 is 1.76 bits per heavy atom. The van der Waals surface area contributed by atoms with Gasteiger partial charge in [0.2, 0.25) is 11.8 Å². The number of benzene rings is 2. The first-order valence-electron chi connectivity index (χ1n) is 10.4. The number of rotatable bonds is 1. The number of esters is 1. The average molecular weight is 469 g/mol. The van der Waals surface area contributed by atoms with Crippen molar-refractivity contribution < 1.29 is 28.7 Å². The smallest absolute Gasteiger partial charge is 0.421 e. The molecule has 0 saturated heterocycles. The molecule has 8 nitrogen and oxygen atoms in total. The van der Waals surface area contributed by atoms with Gasteiger partial charge in [0.05, 0.1) is 18.7 Å². The van der Waals surface area contributed by atoms with E-state index in [0.29, 0.717) is 16.8 Å². The van der Waals surface area contributed by atoms with E-state index in [-0.39, 0.29) is 10.7 Å². The number of amides is 3. The molecule has 5 rings (SSSR count). The van der Waals surface area contributed by atoms with Gasteiger partial charge in [0.25, 0.3) is 0 Å². The van der Waals surface area contributed by atoms with Crippen LogP contribution in [0, 0.1) is 5.92 Å². The fraction of sp³-hybridized carbons (Fsp3) is 0.333. The maximum absolute atomic E-state index is 14.1. The molecule has 1 fully saturated rings. The monoisotopic (exact) mass is 468 g/mol. The van der Waals surface area contributed by atoms with Crippen LogP contribution in [0.1, 0.15) is 31.9 Å². The lowest BCUT2D eigenvalue weighted by atomic mass is 9.83. The zero-order valence-corrected chi connectivity index (χ0v) is 19.1. The largest absolute Gasteiger partial charge is 0.469 e. The molecule has 2 heterocycles. The highest BCUT2D eigenvalue weighted by molar-refractivity contribution is 6.36. The molecule has 0 aromatic heterocycles. The summed E-state index contributed by atoms with van der Waals surface area (Å²) in [5.74, 6) is -3.23. The van der Waals surface area contributed by atoms with E-state index in [9.17, 15) is 19.2 Å². The summed E-state index contributed by atoms with van der Waals surface area (Å²) in [6.45, 7) is 5.05. The minimum absolute atomic E-state index is 0.234. The summed E-state index contributed by atoms with van der Waals surface area (Å²) >= 11 is 6.53. The van der Waals surface area contributed by atoms with Gasteiger partial charge in [0.1, 0.15) is 16.4 Å². The van der Waals surface area contributed by atoms with E-state index in [1.54, 1.807) is 63.2 Å². The number of imide groups is 1. The number of carbonyl (C=O) groups excluding carboxylic acids is 4. The number of nitrogens with one attached hydrogen (secondary N) is 1. The Morgan fingerprint density at radius 1 is 1.06 bits per heavy atom. The van der Waals surface area contributed by atoms with Gasteiger partial charge in [0.15, 0.2) is 0 Å². The second-order valence-corrected chi connectivity index (χ2v) is 9.73. The van der Waals surface area contributed by atoms with Crippen LogP contribution in [0.15, 0.2) is 42.5 Å². The highest BCUT2D eigenvalue weighted by Crippen LogP contribution is 2.78. The van der Waals surface area contributed by atoms with Gasteiger partial charge in [-0.3, -0.25) is 14.4 Å². The molecule has 2 aliphatic heterocycles. The van der Waals surface area contributed by atoms with Crippen molar-refractivity contribution in [2.45, 2.75) is 37.2 Å². The summed E-state index contributed by atoms with van der Waals surface area (Å²) in [6.07, 6.45) is -0.889. The Morgan fingerprint density at radius 3 is 2.42 bits per heavy atom. The van der Waals surface area contributed by atoms with Crippen LogP contribution in [-0.4, -0.2) is 36.6 Å². The van der Waals surface area contributed by atoms with E-state index in [0.717, 1.165) is 4.90 Å². The van der Waals surface area contributed by atoms with Crippen LogP contribution < -0.4 is 10.2 Å². The fourth-order valence-corrected chi connectivity index (χ4v) is 5.84. The number of carbonyl (C=O) groups is 4. The molecule has 0 radical (unpaired) electrons. The molecule has 3 aliphatic rings. The quantitative estimate of drug-likeness (QED) is 0.642. The van der Waals surface area contributed by atoms with Crippen molar-refractivity contribution in [2.75, 3.05) is 17.3 Å². The molecule has 3 atom stereocenters. The van der Waals surface area contributed by atoms with Crippen molar-refractivity contribution in [1.29, 1.82) is 0 Å².